The lowest BCUT2D eigenvalue weighted by Gasteiger charge is -2.20. The fourth-order valence-electron chi connectivity index (χ4n) is 3.37. The highest BCUT2D eigenvalue weighted by atomic mass is 16.5. The minimum absolute atomic E-state index is 0.131. The van der Waals surface area contributed by atoms with E-state index in [4.69, 9.17) is 14.5 Å². The predicted molar refractivity (Wildman–Crippen MR) is 120 cm³/mol. The maximum atomic E-state index is 12.5. The number of anilines is 1. The molecule has 0 spiro atoms. The molecule has 10 heteroatoms. The molecule has 0 bridgehead atoms. The van der Waals surface area contributed by atoms with Crippen molar-refractivity contribution in [2.75, 3.05) is 32.2 Å². The smallest absolute Gasteiger partial charge is 0.246 e. The molecule has 2 heterocycles. The number of benzene rings is 1. The van der Waals surface area contributed by atoms with Crippen LogP contribution in [0.15, 0.2) is 24.3 Å². The van der Waals surface area contributed by atoms with Crippen LogP contribution in [0.1, 0.15) is 26.6 Å². The molecule has 0 saturated carbocycles. The summed E-state index contributed by atoms with van der Waals surface area (Å²) in [6.07, 6.45) is 0. The first kappa shape index (κ1) is 23.6. The zero-order valence-electron chi connectivity index (χ0n) is 18.8. The Morgan fingerprint density at radius 2 is 1.94 bits per heavy atom. The topological polar surface area (TPSA) is 128 Å². The Hall–Kier alpha value is -3.08. The van der Waals surface area contributed by atoms with Crippen molar-refractivity contribution < 1.29 is 24.2 Å². The van der Waals surface area contributed by atoms with Crippen molar-refractivity contribution >= 4 is 39.6 Å². The van der Waals surface area contributed by atoms with Gasteiger partial charge in [-0.2, -0.15) is 0 Å². The summed E-state index contributed by atoms with van der Waals surface area (Å²) in [5, 5.41) is 16.6. The number of ether oxygens (including phenoxy) is 2. The van der Waals surface area contributed by atoms with Crippen molar-refractivity contribution in [3.05, 3.63) is 30.1 Å². The van der Waals surface area contributed by atoms with Crippen LogP contribution in [-0.4, -0.2) is 63.9 Å². The molecule has 10 nitrogen and oxygen atoms in total. The lowest BCUT2D eigenvalue weighted by Crippen LogP contribution is -2.35. The SMILES string of the molecule is CCOCc1nc2c(NC(=O)CNC(=O)COC)nc3ccccc3c2n1CC(C)(C)O. The fourth-order valence-corrected chi connectivity index (χ4v) is 3.37. The van der Waals surface area contributed by atoms with Crippen molar-refractivity contribution in [1.29, 1.82) is 0 Å². The average molecular weight is 444 g/mol. The molecular weight excluding hydrogens is 414 g/mol. The monoisotopic (exact) mass is 443 g/mol. The van der Waals surface area contributed by atoms with Crippen LogP contribution >= 0.6 is 0 Å². The van der Waals surface area contributed by atoms with E-state index in [9.17, 15) is 14.7 Å². The first-order chi connectivity index (χ1) is 15.2. The van der Waals surface area contributed by atoms with Gasteiger partial charge in [0.2, 0.25) is 11.8 Å². The Balaban J connectivity index is 2.08. The zero-order valence-corrected chi connectivity index (χ0v) is 18.8. The number of hydrogen-bond donors (Lipinski definition) is 3. The standard InChI is InChI=1S/C22H29N5O5/c1-5-32-11-16-25-19-20(27(16)13-22(2,3)30)14-8-6-7-9-15(14)24-21(19)26-17(28)10-23-18(29)12-31-4/h6-9,30H,5,10-13H2,1-4H3,(H,23,29)(H,24,26,28). The van der Waals surface area contributed by atoms with Gasteiger partial charge in [0.1, 0.15) is 24.6 Å². The van der Waals surface area contributed by atoms with Crippen LogP contribution in [0.25, 0.3) is 21.9 Å². The molecule has 0 aliphatic heterocycles. The molecule has 3 N–H and O–H groups in total. The quantitative estimate of drug-likeness (QED) is 0.434. The Bertz CT molecular complexity index is 1120. The minimum atomic E-state index is -1.01. The largest absolute Gasteiger partial charge is 0.389 e. The number of nitrogens with one attached hydrogen (secondary N) is 2. The van der Waals surface area contributed by atoms with Crippen LogP contribution in [-0.2, 0) is 32.2 Å². The van der Waals surface area contributed by atoms with Gasteiger partial charge < -0.3 is 29.8 Å². The van der Waals surface area contributed by atoms with Crippen LogP contribution in [0, 0.1) is 0 Å². The number of para-hydroxylation sites is 1. The van der Waals surface area contributed by atoms with Gasteiger partial charge in [0.05, 0.1) is 29.7 Å². The molecule has 0 radical (unpaired) electrons. The molecule has 0 atom stereocenters. The molecule has 2 amide bonds. The number of nitrogens with zero attached hydrogens (tertiary/aromatic N) is 3. The number of aliphatic hydroxyl groups is 1. The molecule has 32 heavy (non-hydrogen) atoms. The third-order valence-corrected chi connectivity index (χ3v) is 4.62. The molecule has 0 unspecified atom stereocenters. The lowest BCUT2D eigenvalue weighted by atomic mass is 10.1. The first-order valence-corrected chi connectivity index (χ1v) is 10.4. The third kappa shape index (κ3) is 5.58. The molecule has 1 aromatic carbocycles. The Morgan fingerprint density at radius 3 is 2.62 bits per heavy atom. The molecule has 0 aliphatic carbocycles. The maximum Gasteiger partial charge on any atom is 0.246 e. The van der Waals surface area contributed by atoms with Gasteiger partial charge >= 0.3 is 0 Å². The van der Waals surface area contributed by atoms with Gasteiger partial charge in [0.15, 0.2) is 5.82 Å². The van der Waals surface area contributed by atoms with Crippen LogP contribution in [0.5, 0.6) is 0 Å². The third-order valence-electron chi connectivity index (χ3n) is 4.62. The van der Waals surface area contributed by atoms with Gasteiger partial charge in [0, 0.05) is 19.1 Å². The predicted octanol–water partition coefficient (Wildman–Crippen LogP) is 1.59. The van der Waals surface area contributed by atoms with Gasteiger partial charge in [-0.1, -0.05) is 18.2 Å². The van der Waals surface area contributed by atoms with E-state index in [-0.39, 0.29) is 32.1 Å². The minimum Gasteiger partial charge on any atom is -0.389 e. The molecule has 2 aromatic heterocycles. The molecule has 0 aliphatic rings. The summed E-state index contributed by atoms with van der Waals surface area (Å²) in [7, 11) is 1.40. The molecular formula is C22H29N5O5. The normalized spacial score (nSPS) is 11.8. The summed E-state index contributed by atoms with van der Waals surface area (Å²) in [5.41, 5.74) is 0.887. The first-order valence-electron chi connectivity index (χ1n) is 10.4. The number of aromatic nitrogens is 3. The molecule has 0 fully saturated rings. The highest BCUT2D eigenvalue weighted by Gasteiger charge is 2.23. The fraction of sp³-hybridized carbons (Fsp3) is 0.455. The average Bonchev–Trinajstić information content (AvgIpc) is 3.08. The van der Waals surface area contributed by atoms with E-state index in [2.05, 4.69) is 15.6 Å². The highest BCUT2D eigenvalue weighted by molar-refractivity contribution is 6.10. The van der Waals surface area contributed by atoms with Crippen molar-refractivity contribution in [3.8, 4) is 0 Å². The summed E-state index contributed by atoms with van der Waals surface area (Å²) in [6, 6.07) is 7.52. The van der Waals surface area contributed by atoms with E-state index in [1.807, 2.05) is 35.8 Å². The van der Waals surface area contributed by atoms with E-state index < -0.39 is 17.4 Å². The van der Waals surface area contributed by atoms with Crippen molar-refractivity contribution in [1.82, 2.24) is 19.9 Å². The number of imidazole rings is 1. The number of amides is 2. The van der Waals surface area contributed by atoms with E-state index >= 15 is 0 Å². The van der Waals surface area contributed by atoms with Crippen molar-refractivity contribution in [2.24, 2.45) is 0 Å². The summed E-state index contributed by atoms with van der Waals surface area (Å²) in [4.78, 5) is 33.4. The number of fused-ring (bicyclic) bond motifs is 3. The Morgan fingerprint density at radius 1 is 1.19 bits per heavy atom. The number of rotatable bonds is 10. The summed E-state index contributed by atoms with van der Waals surface area (Å²) in [6.45, 7) is 6.01. The summed E-state index contributed by atoms with van der Waals surface area (Å²) in [5.74, 6) is 0.0533. The summed E-state index contributed by atoms with van der Waals surface area (Å²) >= 11 is 0. The van der Waals surface area contributed by atoms with E-state index in [0.717, 1.165) is 10.9 Å². The van der Waals surface area contributed by atoms with Gasteiger partial charge in [0.25, 0.3) is 0 Å². The number of pyridine rings is 1. The van der Waals surface area contributed by atoms with E-state index in [0.29, 0.717) is 23.5 Å². The van der Waals surface area contributed by atoms with Crippen LogP contribution in [0.2, 0.25) is 0 Å². The number of methoxy groups -OCH3 is 1. The van der Waals surface area contributed by atoms with Gasteiger partial charge in [-0.15, -0.1) is 0 Å². The molecule has 172 valence electrons. The van der Waals surface area contributed by atoms with Crippen molar-refractivity contribution in [2.45, 2.75) is 39.5 Å². The Kier molecular flexibility index (Phi) is 7.39. The second-order valence-electron chi connectivity index (χ2n) is 8.00. The van der Waals surface area contributed by atoms with Crippen LogP contribution in [0.3, 0.4) is 0 Å². The van der Waals surface area contributed by atoms with Gasteiger partial charge in [-0.3, -0.25) is 9.59 Å². The van der Waals surface area contributed by atoms with E-state index in [1.165, 1.54) is 7.11 Å². The summed E-state index contributed by atoms with van der Waals surface area (Å²) < 4.78 is 12.2. The molecule has 3 aromatic rings. The second-order valence-corrected chi connectivity index (χ2v) is 8.00. The molecule has 0 saturated heterocycles. The number of carbonyl (C=O) groups excluding carboxylic acids is 2. The number of carbonyl (C=O) groups is 2. The highest BCUT2D eigenvalue weighted by Crippen LogP contribution is 2.31. The zero-order chi connectivity index (χ0) is 23.3. The van der Waals surface area contributed by atoms with Gasteiger partial charge in [-0.05, 0) is 26.8 Å². The maximum absolute atomic E-state index is 12.5. The van der Waals surface area contributed by atoms with Gasteiger partial charge in [-0.25, -0.2) is 9.97 Å². The Labute approximate surface area is 185 Å². The second kappa shape index (κ2) is 10.0. The van der Waals surface area contributed by atoms with Crippen LogP contribution in [0.4, 0.5) is 5.82 Å². The molecule has 3 rings (SSSR count). The number of hydrogen-bond acceptors (Lipinski definition) is 7. The van der Waals surface area contributed by atoms with E-state index in [1.54, 1.807) is 13.8 Å². The lowest BCUT2D eigenvalue weighted by molar-refractivity contribution is -0.127. The van der Waals surface area contributed by atoms with Crippen molar-refractivity contribution in [3.63, 3.8) is 0 Å². The van der Waals surface area contributed by atoms with Crippen LogP contribution < -0.4 is 10.6 Å².